The molecule has 1 aromatic carbocycles. The van der Waals surface area contributed by atoms with Crippen LogP contribution in [0.4, 0.5) is 5.69 Å². The number of nitrogens with one attached hydrogen (secondary N) is 1. The van der Waals surface area contributed by atoms with Crippen LogP contribution in [0.5, 0.6) is 0 Å². The lowest BCUT2D eigenvalue weighted by molar-refractivity contribution is -0.138. The Morgan fingerprint density at radius 1 is 1.35 bits per heavy atom. The number of esters is 1. The number of carbonyl (C=O) groups excluding carboxylic acids is 3. The SMILES string of the molecule is COC(=O)C1=C(N)OC2=C(C(=O)CCC2)[C@@]12C(=O)Nc1ccc(Br)cc12. The molecule has 2 aliphatic heterocycles. The molecule has 3 aliphatic rings. The molecule has 4 rings (SSSR count). The Balaban J connectivity index is 2.12. The minimum absolute atomic E-state index is 0.164. The van der Waals surface area contributed by atoms with Crippen LogP contribution in [-0.4, -0.2) is 24.8 Å². The maximum absolute atomic E-state index is 13.2. The van der Waals surface area contributed by atoms with Crippen molar-refractivity contribution in [3.8, 4) is 0 Å². The van der Waals surface area contributed by atoms with Crippen LogP contribution in [0.2, 0.25) is 0 Å². The highest BCUT2D eigenvalue weighted by Gasteiger charge is 2.61. The monoisotopic (exact) mass is 418 g/mol. The lowest BCUT2D eigenvalue weighted by Gasteiger charge is -2.38. The maximum atomic E-state index is 13.2. The summed E-state index contributed by atoms with van der Waals surface area (Å²) >= 11 is 3.39. The molecule has 1 spiro atoms. The van der Waals surface area contributed by atoms with Gasteiger partial charge in [0.05, 0.1) is 12.7 Å². The molecule has 0 saturated heterocycles. The van der Waals surface area contributed by atoms with Gasteiger partial charge in [0.25, 0.3) is 0 Å². The second-order valence-corrected chi connectivity index (χ2v) is 7.22. The number of anilines is 1. The van der Waals surface area contributed by atoms with Crippen molar-refractivity contribution in [2.75, 3.05) is 12.4 Å². The fourth-order valence-electron chi connectivity index (χ4n) is 3.96. The van der Waals surface area contributed by atoms with Gasteiger partial charge in [-0.15, -0.1) is 0 Å². The lowest BCUT2D eigenvalue weighted by atomic mass is 9.65. The highest BCUT2D eigenvalue weighted by atomic mass is 79.9. The number of rotatable bonds is 1. The van der Waals surface area contributed by atoms with Crippen LogP contribution in [0.3, 0.4) is 0 Å². The normalized spacial score (nSPS) is 24.2. The first-order valence-corrected chi connectivity index (χ1v) is 8.85. The van der Waals surface area contributed by atoms with E-state index in [-0.39, 0.29) is 29.2 Å². The standard InChI is InChI=1S/C18H15BrN2O5/c1-25-16(23)14-15(20)26-12-4-2-3-11(22)13(12)18(14)9-7-8(19)5-6-10(9)21-17(18)24/h5-7H,2-4,20H2,1H3,(H,21,24)/t18-/m1/s1. The minimum Gasteiger partial charge on any atom is -0.465 e. The third-order valence-electron chi connectivity index (χ3n) is 4.96. The van der Waals surface area contributed by atoms with E-state index in [1.807, 2.05) is 0 Å². The van der Waals surface area contributed by atoms with Gasteiger partial charge in [-0.05, 0) is 24.6 Å². The zero-order chi connectivity index (χ0) is 18.6. The Labute approximate surface area is 157 Å². The van der Waals surface area contributed by atoms with Gasteiger partial charge in [0.1, 0.15) is 16.7 Å². The Morgan fingerprint density at radius 3 is 2.85 bits per heavy atom. The molecular formula is C18H15BrN2O5. The largest absolute Gasteiger partial charge is 0.465 e. The quantitative estimate of drug-likeness (QED) is 0.675. The molecule has 0 fully saturated rings. The summed E-state index contributed by atoms with van der Waals surface area (Å²) in [5.41, 5.74) is 5.38. The van der Waals surface area contributed by atoms with Gasteiger partial charge in [-0.2, -0.15) is 0 Å². The number of amides is 1. The van der Waals surface area contributed by atoms with Crippen LogP contribution in [-0.2, 0) is 29.3 Å². The van der Waals surface area contributed by atoms with Gasteiger partial charge in [0.15, 0.2) is 5.78 Å². The molecule has 2 heterocycles. The van der Waals surface area contributed by atoms with Gasteiger partial charge in [-0.1, -0.05) is 15.9 Å². The van der Waals surface area contributed by atoms with Gasteiger partial charge in [-0.3, -0.25) is 9.59 Å². The number of Topliss-reactive ketones (excluding diaryl/α,β-unsaturated/α-hetero) is 1. The lowest BCUT2D eigenvalue weighted by Crippen LogP contribution is -2.49. The fraction of sp³-hybridized carbons (Fsp3) is 0.278. The number of ether oxygens (including phenoxy) is 2. The first-order valence-electron chi connectivity index (χ1n) is 8.06. The molecule has 3 N–H and O–H groups in total. The Morgan fingerprint density at radius 2 is 2.12 bits per heavy atom. The number of nitrogens with two attached hydrogens (primary N) is 1. The summed E-state index contributed by atoms with van der Waals surface area (Å²) in [5, 5.41) is 2.77. The molecule has 26 heavy (non-hydrogen) atoms. The van der Waals surface area contributed by atoms with E-state index >= 15 is 0 Å². The number of fused-ring (bicyclic) bond motifs is 3. The third kappa shape index (κ3) is 2.02. The summed E-state index contributed by atoms with van der Waals surface area (Å²) in [6.07, 6.45) is 1.34. The van der Waals surface area contributed by atoms with Gasteiger partial charge in [0, 0.05) is 28.6 Å². The van der Waals surface area contributed by atoms with Crippen molar-refractivity contribution in [2.45, 2.75) is 24.7 Å². The summed E-state index contributed by atoms with van der Waals surface area (Å²) in [7, 11) is 1.19. The molecule has 134 valence electrons. The Hall–Kier alpha value is -2.61. The van der Waals surface area contributed by atoms with E-state index in [4.69, 9.17) is 15.2 Å². The molecule has 1 atom stereocenters. The summed E-state index contributed by atoms with van der Waals surface area (Å²) in [6.45, 7) is 0. The Kier molecular flexibility index (Phi) is 3.69. The highest BCUT2D eigenvalue weighted by molar-refractivity contribution is 9.10. The predicted octanol–water partition coefficient (Wildman–Crippen LogP) is 2.02. The number of hydrogen-bond donors (Lipinski definition) is 2. The highest BCUT2D eigenvalue weighted by Crippen LogP contribution is 2.54. The zero-order valence-electron chi connectivity index (χ0n) is 13.8. The number of benzene rings is 1. The zero-order valence-corrected chi connectivity index (χ0v) is 15.4. The number of halogens is 1. The molecule has 1 aliphatic carbocycles. The number of allylic oxidation sites excluding steroid dienone is 1. The summed E-state index contributed by atoms with van der Waals surface area (Å²) in [6, 6.07) is 5.18. The fourth-order valence-corrected chi connectivity index (χ4v) is 4.32. The molecule has 0 saturated carbocycles. The van der Waals surface area contributed by atoms with E-state index in [0.717, 1.165) is 0 Å². The van der Waals surface area contributed by atoms with Crippen LogP contribution in [0, 0.1) is 0 Å². The predicted molar refractivity (Wildman–Crippen MR) is 94.6 cm³/mol. The maximum Gasteiger partial charge on any atom is 0.340 e. The topological polar surface area (TPSA) is 108 Å². The van der Waals surface area contributed by atoms with Crippen molar-refractivity contribution >= 4 is 39.3 Å². The first kappa shape index (κ1) is 16.8. The average molecular weight is 419 g/mol. The van der Waals surface area contributed by atoms with Crippen LogP contribution < -0.4 is 11.1 Å². The van der Waals surface area contributed by atoms with E-state index in [1.165, 1.54) is 7.11 Å². The van der Waals surface area contributed by atoms with Crippen molar-refractivity contribution < 1.29 is 23.9 Å². The van der Waals surface area contributed by atoms with Crippen molar-refractivity contribution in [3.63, 3.8) is 0 Å². The Bertz CT molecular complexity index is 949. The second kappa shape index (κ2) is 5.70. The second-order valence-electron chi connectivity index (χ2n) is 6.30. The number of ketones is 1. The molecule has 1 amide bonds. The van der Waals surface area contributed by atoms with Crippen molar-refractivity contribution in [1.82, 2.24) is 0 Å². The van der Waals surface area contributed by atoms with Gasteiger partial charge < -0.3 is 20.5 Å². The number of carbonyl (C=O) groups is 3. The van der Waals surface area contributed by atoms with E-state index in [2.05, 4.69) is 21.2 Å². The van der Waals surface area contributed by atoms with Crippen LogP contribution >= 0.6 is 15.9 Å². The van der Waals surface area contributed by atoms with Crippen molar-refractivity contribution in [1.29, 1.82) is 0 Å². The van der Waals surface area contributed by atoms with E-state index in [9.17, 15) is 14.4 Å². The molecule has 0 radical (unpaired) electrons. The number of hydrogen-bond acceptors (Lipinski definition) is 6. The molecule has 0 aromatic heterocycles. The van der Waals surface area contributed by atoms with Crippen LogP contribution in [0.1, 0.15) is 24.8 Å². The molecule has 7 nitrogen and oxygen atoms in total. The van der Waals surface area contributed by atoms with Crippen LogP contribution in [0.15, 0.2) is 45.5 Å². The molecule has 8 heteroatoms. The third-order valence-corrected chi connectivity index (χ3v) is 5.45. The van der Waals surface area contributed by atoms with Gasteiger partial charge >= 0.3 is 5.97 Å². The first-order chi connectivity index (χ1) is 12.4. The molecule has 1 aromatic rings. The minimum atomic E-state index is -1.67. The van der Waals surface area contributed by atoms with Gasteiger partial charge in [-0.25, -0.2) is 4.79 Å². The van der Waals surface area contributed by atoms with E-state index in [0.29, 0.717) is 34.3 Å². The summed E-state index contributed by atoms with van der Waals surface area (Å²) in [5.74, 6) is -1.43. The van der Waals surface area contributed by atoms with E-state index < -0.39 is 17.3 Å². The van der Waals surface area contributed by atoms with Gasteiger partial charge in [0.2, 0.25) is 11.8 Å². The molecule has 0 unspecified atom stereocenters. The summed E-state index contributed by atoms with van der Waals surface area (Å²) in [4.78, 5) is 38.7. The smallest absolute Gasteiger partial charge is 0.340 e. The van der Waals surface area contributed by atoms with Crippen molar-refractivity contribution in [3.05, 3.63) is 51.0 Å². The van der Waals surface area contributed by atoms with Crippen molar-refractivity contribution in [2.24, 2.45) is 5.73 Å². The average Bonchev–Trinajstić information content (AvgIpc) is 2.87. The van der Waals surface area contributed by atoms with E-state index in [1.54, 1.807) is 18.2 Å². The number of methoxy groups -OCH3 is 1. The summed E-state index contributed by atoms with van der Waals surface area (Å²) < 4.78 is 11.2. The van der Waals surface area contributed by atoms with Crippen LogP contribution in [0.25, 0.3) is 0 Å². The molecular weight excluding hydrogens is 404 g/mol. The molecule has 0 bridgehead atoms.